The number of amides is 1. The Balaban J connectivity index is 2.33. The van der Waals surface area contributed by atoms with Crippen LogP contribution in [0.5, 0.6) is 0 Å². The van der Waals surface area contributed by atoms with E-state index >= 15 is 0 Å². The van der Waals surface area contributed by atoms with Gasteiger partial charge in [0.15, 0.2) is 0 Å². The first-order chi connectivity index (χ1) is 7.29. The summed E-state index contributed by atoms with van der Waals surface area (Å²) in [5.74, 6) is 0.237. The number of piperidine rings is 1. The Morgan fingerprint density at radius 2 is 2.33 bits per heavy atom. The second-order valence-electron chi connectivity index (χ2n) is 4.01. The zero-order valence-corrected chi connectivity index (χ0v) is 9.54. The molecular weight excluding hydrogens is 192 g/mol. The van der Waals surface area contributed by atoms with E-state index in [9.17, 15) is 4.79 Å². The van der Waals surface area contributed by atoms with Gasteiger partial charge >= 0.3 is 0 Å². The maximum Gasteiger partial charge on any atom is 0.239 e. The molecule has 2 N–H and O–H groups in total. The number of likely N-dealkylation sites (N-methyl/N-ethyl adjacent to an activating group) is 1. The highest BCUT2D eigenvalue weighted by Gasteiger charge is 2.27. The standard InChI is InChI=1S/C11H22N2O2/c1-2-12-10-6-5-8-13(11(10)15)7-3-4-9-14/h10,12,14H,2-9H2,1H3. The Kier molecular flexibility index (Phi) is 5.65. The van der Waals surface area contributed by atoms with E-state index in [1.54, 1.807) is 0 Å². The van der Waals surface area contributed by atoms with Crippen LogP contribution in [0.15, 0.2) is 0 Å². The summed E-state index contributed by atoms with van der Waals surface area (Å²) in [5.41, 5.74) is 0. The Labute approximate surface area is 91.6 Å². The van der Waals surface area contributed by atoms with Crippen molar-refractivity contribution in [1.82, 2.24) is 10.2 Å². The first-order valence-corrected chi connectivity index (χ1v) is 5.92. The van der Waals surface area contributed by atoms with Crippen LogP contribution in [-0.4, -0.2) is 48.2 Å². The molecule has 0 aliphatic carbocycles. The third-order valence-corrected chi connectivity index (χ3v) is 2.82. The SMILES string of the molecule is CCNC1CCCN(CCCCO)C1=O. The molecule has 1 aliphatic heterocycles. The molecule has 0 aromatic carbocycles. The van der Waals surface area contributed by atoms with Crippen LogP contribution < -0.4 is 5.32 Å². The summed E-state index contributed by atoms with van der Waals surface area (Å²) in [6, 6.07) is 0.0258. The van der Waals surface area contributed by atoms with Crippen molar-refractivity contribution in [2.45, 2.75) is 38.6 Å². The van der Waals surface area contributed by atoms with Crippen LogP contribution >= 0.6 is 0 Å². The fourth-order valence-electron chi connectivity index (χ4n) is 2.01. The van der Waals surface area contributed by atoms with E-state index in [2.05, 4.69) is 5.32 Å². The fraction of sp³-hybridized carbons (Fsp3) is 0.909. The normalized spacial score (nSPS) is 22.1. The molecule has 1 atom stereocenters. The number of nitrogens with zero attached hydrogens (tertiary/aromatic N) is 1. The lowest BCUT2D eigenvalue weighted by molar-refractivity contribution is -0.136. The molecule has 1 saturated heterocycles. The Morgan fingerprint density at radius 3 is 3.00 bits per heavy atom. The van der Waals surface area contributed by atoms with Gasteiger partial charge in [-0.1, -0.05) is 6.92 Å². The van der Waals surface area contributed by atoms with Gasteiger partial charge < -0.3 is 15.3 Å². The van der Waals surface area contributed by atoms with Gasteiger partial charge in [-0.05, 0) is 32.2 Å². The molecule has 1 unspecified atom stereocenters. The lowest BCUT2D eigenvalue weighted by Crippen LogP contribution is -2.50. The molecule has 15 heavy (non-hydrogen) atoms. The van der Waals surface area contributed by atoms with Crippen molar-refractivity contribution in [1.29, 1.82) is 0 Å². The molecule has 0 radical (unpaired) electrons. The van der Waals surface area contributed by atoms with Crippen molar-refractivity contribution in [3.63, 3.8) is 0 Å². The molecule has 0 aromatic heterocycles. The number of hydrogen-bond acceptors (Lipinski definition) is 3. The highest BCUT2D eigenvalue weighted by molar-refractivity contribution is 5.82. The van der Waals surface area contributed by atoms with Crippen LogP contribution in [0.3, 0.4) is 0 Å². The Morgan fingerprint density at radius 1 is 1.53 bits per heavy atom. The van der Waals surface area contributed by atoms with E-state index in [1.807, 2.05) is 11.8 Å². The minimum Gasteiger partial charge on any atom is -0.396 e. The molecule has 88 valence electrons. The summed E-state index contributed by atoms with van der Waals surface area (Å²) in [7, 11) is 0. The predicted octanol–water partition coefficient (Wildman–Crippen LogP) is 0.359. The van der Waals surface area contributed by atoms with E-state index in [0.717, 1.165) is 45.3 Å². The fourth-order valence-corrected chi connectivity index (χ4v) is 2.01. The summed E-state index contributed by atoms with van der Waals surface area (Å²) >= 11 is 0. The van der Waals surface area contributed by atoms with Crippen molar-refractivity contribution in [2.24, 2.45) is 0 Å². The van der Waals surface area contributed by atoms with Gasteiger partial charge in [0.1, 0.15) is 0 Å². The minimum absolute atomic E-state index is 0.0258. The van der Waals surface area contributed by atoms with Crippen LogP contribution in [0.1, 0.15) is 32.6 Å². The van der Waals surface area contributed by atoms with Crippen molar-refractivity contribution in [3.05, 3.63) is 0 Å². The highest BCUT2D eigenvalue weighted by atomic mass is 16.3. The summed E-state index contributed by atoms with van der Waals surface area (Å²) < 4.78 is 0. The molecular formula is C11H22N2O2. The third kappa shape index (κ3) is 3.80. The third-order valence-electron chi connectivity index (χ3n) is 2.82. The van der Waals surface area contributed by atoms with E-state index in [0.29, 0.717) is 0 Å². The maximum atomic E-state index is 11.9. The van der Waals surface area contributed by atoms with Crippen molar-refractivity contribution >= 4 is 5.91 Å². The molecule has 4 nitrogen and oxygen atoms in total. The Hall–Kier alpha value is -0.610. The number of rotatable bonds is 6. The molecule has 0 aromatic rings. The van der Waals surface area contributed by atoms with Gasteiger partial charge in [-0.2, -0.15) is 0 Å². The lowest BCUT2D eigenvalue weighted by atomic mass is 10.0. The van der Waals surface area contributed by atoms with Gasteiger partial charge in [0, 0.05) is 19.7 Å². The number of aliphatic hydroxyl groups excluding tert-OH is 1. The van der Waals surface area contributed by atoms with E-state index < -0.39 is 0 Å². The molecule has 0 bridgehead atoms. The van der Waals surface area contributed by atoms with E-state index in [4.69, 9.17) is 5.11 Å². The zero-order valence-electron chi connectivity index (χ0n) is 9.54. The minimum atomic E-state index is 0.0258. The molecule has 1 fully saturated rings. The number of nitrogens with one attached hydrogen (secondary N) is 1. The molecule has 1 heterocycles. The van der Waals surface area contributed by atoms with Gasteiger partial charge in [-0.15, -0.1) is 0 Å². The van der Waals surface area contributed by atoms with Gasteiger partial charge in [-0.3, -0.25) is 4.79 Å². The second kappa shape index (κ2) is 6.80. The monoisotopic (exact) mass is 214 g/mol. The average molecular weight is 214 g/mol. The second-order valence-corrected chi connectivity index (χ2v) is 4.01. The van der Waals surface area contributed by atoms with Crippen molar-refractivity contribution < 1.29 is 9.90 Å². The molecule has 1 aliphatic rings. The smallest absolute Gasteiger partial charge is 0.239 e. The molecule has 0 spiro atoms. The molecule has 0 saturated carbocycles. The van der Waals surface area contributed by atoms with Gasteiger partial charge in [-0.25, -0.2) is 0 Å². The Bertz CT molecular complexity index is 195. The molecule has 1 rings (SSSR count). The number of carbonyl (C=O) groups excluding carboxylic acids is 1. The van der Waals surface area contributed by atoms with E-state index in [-0.39, 0.29) is 18.6 Å². The number of likely N-dealkylation sites (tertiary alicyclic amines) is 1. The number of hydrogen-bond donors (Lipinski definition) is 2. The average Bonchev–Trinajstić information content (AvgIpc) is 2.24. The maximum absolute atomic E-state index is 11.9. The van der Waals surface area contributed by atoms with Crippen LogP contribution in [0, 0.1) is 0 Å². The first kappa shape index (κ1) is 12.5. The van der Waals surface area contributed by atoms with Gasteiger partial charge in [0.25, 0.3) is 0 Å². The largest absolute Gasteiger partial charge is 0.396 e. The van der Waals surface area contributed by atoms with Crippen LogP contribution in [-0.2, 0) is 4.79 Å². The summed E-state index contributed by atoms with van der Waals surface area (Å²) in [6.45, 7) is 4.77. The quantitative estimate of drug-likeness (QED) is 0.628. The zero-order chi connectivity index (χ0) is 11.1. The predicted molar refractivity (Wildman–Crippen MR) is 59.6 cm³/mol. The van der Waals surface area contributed by atoms with Crippen molar-refractivity contribution in [3.8, 4) is 0 Å². The van der Waals surface area contributed by atoms with Crippen LogP contribution in [0.4, 0.5) is 0 Å². The lowest BCUT2D eigenvalue weighted by Gasteiger charge is -2.32. The summed E-state index contributed by atoms with van der Waals surface area (Å²) in [5, 5.41) is 11.9. The van der Waals surface area contributed by atoms with Crippen LogP contribution in [0.25, 0.3) is 0 Å². The van der Waals surface area contributed by atoms with E-state index in [1.165, 1.54) is 0 Å². The highest BCUT2D eigenvalue weighted by Crippen LogP contribution is 2.12. The summed E-state index contributed by atoms with van der Waals surface area (Å²) in [6.07, 6.45) is 3.74. The molecule has 1 amide bonds. The van der Waals surface area contributed by atoms with Crippen molar-refractivity contribution in [2.75, 3.05) is 26.2 Å². The van der Waals surface area contributed by atoms with Gasteiger partial charge in [0.05, 0.1) is 6.04 Å². The molecule has 4 heteroatoms. The first-order valence-electron chi connectivity index (χ1n) is 5.92. The number of carbonyl (C=O) groups is 1. The number of aliphatic hydroxyl groups is 1. The topological polar surface area (TPSA) is 52.6 Å². The van der Waals surface area contributed by atoms with Crippen LogP contribution in [0.2, 0.25) is 0 Å². The van der Waals surface area contributed by atoms with Gasteiger partial charge in [0.2, 0.25) is 5.91 Å². The number of unbranched alkanes of at least 4 members (excludes halogenated alkanes) is 1. The summed E-state index contributed by atoms with van der Waals surface area (Å²) in [4.78, 5) is 13.8.